The van der Waals surface area contributed by atoms with Crippen LogP contribution in [0.25, 0.3) is 0 Å². The van der Waals surface area contributed by atoms with Crippen molar-refractivity contribution >= 4 is 11.9 Å². The molecule has 0 radical (unpaired) electrons. The summed E-state index contributed by atoms with van der Waals surface area (Å²) in [5.74, 6) is -0.684. The first-order valence-corrected chi connectivity index (χ1v) is 6.15. The number of para-hydroxylation sites is 1. The third kappa shape index (κ3) is 5.42. The van der Waals surface area contributed by atoms with Gasteiger partial charge in [0.2, 0.25) is 5.91 Å². The van der Waals surface area contributed by atoms with Gasteiger partial charge < -0.3 is 14.7 Å². The van der Waals surface area contributed by atoms with Gasteiger partial charge in [-0.2, -0.15) is 0 Å². The molecule has 0 saturated heterocycles. The van der Waals surface area contributed by atoms with Gasteiger partial charge in [-0.1, -0.05) is 25.1 Å². The van der Waals surface area contributed by atoms with Crippen LogP contribution in [0.5, 0.6) is 5.75 Å². The molecule has 1 aromatic carbocycles. The van der Waals surface area contributed by atoms with Gasteiger partial charge in [0.05, 0.1) is 6.61 Å². The number of likely N-dealkylation sites (N-methyl/N-ethyl adjacent to an activating group) is 1. The van der Waals surface area contributed by atoms with Gasteiger partial charge in [0.15, 0.2) is 0 Å². The smallest absolute Gasteiger partial charge is 0.323 e. The summed E-state index contributed by atoms with van der Waals surface area (Å²) in [5.41, 5.74) is 0. The molecule has 1 unspecified atom stereocenters. The molecule has 0 aromatic heterocycles. The van der Waals surface area contributed by atoms with Gasteiger partial charge >= 0.3 is 5.97 Å². The highest BCUT2D eigenvalue weighted by Gasteiger charge is 2.19. The van der Waals surface area contributed by atoms with E-state index in [1.165, 1.54) is 11.9 Å². The largest absolute Gasteiger partial charge is 0.494 e. The molecule has 0 aliphatic carbocycles. The molecule has 1 amide bonds. The molecular weight excluding hydrogens is 246 g/mol. The normalized spacial score (nSPS) is 11.7. The van der Waals surface area contributed by atoms with Crippen LogP contribution >= 0.6 is 0 Å². The van der Waals surface area contributed by atoms with Crippen molar-refractivity contribution in [2.75, 3.05) is 20.2 Å². The summed E-state index contributed by atoms with van der Waals surface area (Å²) in [4.78, 5) is 23.6. The molecule has 0 spiro atoms. The number of carboxylic acid groups (broad SMARTS) is 1. The number of benzene rings is 1. The van der Waals surface area contributed by atoms with Crippen molar-refractivity contribution < 1.29 is 19.4 Å². The van der Waals surface area contributed by atoms with Gasteiger partial charge in [0.1, 0.15) is 12.3 Å². The van der Waals surface area contributed by atoms with E-state index in [0.717, 1.165) is 5.75 Å². The van der Waals surface area contributed by atoms with E-state index in [9.17, 15) is 9.59 Å². The number of carboxylic acids is 1. The molecular formula is C14H19NO4. The lowest BCUT2D eigenvalue weighted by atomic mass is 10.1. The number of nitrogens with zero attached hydrogens (tertiary/aromatic N) is 1. The van der Waals surface area contributed by atoms with Gasteiger partial charge in [0.25, 0.3) is 0 Å². The number of ether oxygens (including phenoxy) is 1. The first-order chi connectivity index (χ1) is 9.00. The Morgan fingerprint density at radius 1 is 1.32 bits per heavy atom. The second-order valence-corrected chi connectivity index (χ2v) is 4.44. The number of carbonyl (C=O) groups excluding carboxylic acids is 1. The molecule has 5 heteroatoms. The monoisotopic (exact) mass is 265 g/mol. The fraction of sp³-hybridized carbons (Fsp3) is 0.429. The molecule has 5 nitrogen and oxygen atoms in total. The molecule has 1 atom stereocenters. The number of amides is 1. The maximum absolute atomic E-state index is 11.8. The van der Waals surface area contributed by atoms with Crippen molar-refractivity contribution in [2.24, 2.45) is 5.92 Å². The van der Waals surface area contributed by atoms with Crippen LogP contribution in [0.3, 0.4) is 0 Å². The number of hydrogen-bond donors (Lipinski definition) is 1. The molecule has 0 aliphatic heterocycles. The Hall–Kier alpha value is -2.04. The Labute approximate surface area is 112 Å². The van der Waals surface area contributed by atoms with E-state index in [0.29, 0.717) is 13.0 Å². The van der Waals surface area contributed by atoms with E-state index in [2.05, 4.69) is 0 Å². The average molecular weight is 265 g/mol. The number of hydrogen-bond acceptors (Lipinski definition) is 3. The average Bonchev–Trinajstić information content (AvgIpc) is 2.38. The van der Waals surface area contributed by atoms with Crippen LogP contribution < -0.4 is 4.74 Å². The van der Waals surface area contributed by atoms with Crippen molar-refractivity contribution in [2.45, 2.75) is 13.3 Å². The SMILES string of the molecule is CC(CCOc1ccccc1)C(=O)N(C)CC(=O)O. The van der Waals surface area contributed by atoms with Crippen molar-refractivity contribution in [3.8, 4) is 5.75 Å². The number of aliphatic carboxylic acids is 1. The van der Waals surface area contributed by atoms with Gasteiger partial charge in [0, 0.05) is 13.0 Å². The molecule has 1 rings (SSSR count). The minimum absolute atomic E-state index is 0.181. The maximum Gasteiger partial charge on any atom is 0.323 e. The zero-order valence-electron chi connectivity index (χ0n) is 11.2. The lowest BCUT2D eigenvalue weighted by Crippen LogP contribution is -2.36. The Kier molecular flexibility index (Phi) is 5.85. The molecule has 0 heterocycles. The summed E-state index contributed by atoms with van der Waals surface area (Å²) >= 11 is 0. The quantitative estimate of drug-likeness (QED) is 0.813. The van der Waals surface area contributed by atoms with Crippen LogP contribution in [0.4, 0.5) is 0 Å². The highest BCUT2D eigenvalue weighted by atomic mass is 16.5. The van der Waals surface area contributed by atoms with Crippen molar-refractivity contribution in [3.63, 3.8) is 0 Å². The standard InChI is InChI=1S/C14H19NO4/c1-11(14(18)15(2)10-13(16)17)8-9-19-12-6-4-3-5-7-12/h3-7,11H,8-10H2,1-2H3,(H,16,17). The highest BCUT2D eigenvalue weighted by Crippen LogP contribution is 2.11. The predicted octanol–water partition coefficient (Wildman–Crippen LogP) is 1.63. The zero-order chi connectivity index (χ0) is 14.3. The lowest BCUT2D eigenvalue weighted by Gasteiger charge is -2.19. The second kappa shape index (κ2) is 7.41. The molecule has 1 N–H and O–H groups in total. The summed E-state index contributed by atoms with van der Waals surface area (Å²) in [6, 6.07) is 9.36. The van der Waals surface area contributed by atoms with Crippen LogP contribution in [0, 0.1) is 5.92 Å². The Balaban J connectivity index is 2.32. The number of rotatable bonds is 7. The zero-order valence-corrected chi connectivity index (χ0v) is 11.2. The summed E-state index contributed by atoms with van der Waals surface area (Å²) in [7, 11) is 1.49. The molecule has 0 bridgehead atoms. The van der Waals surface area contributed by atoms with Gasteiger partial charge in [-0.3, -0.25) is 9.59 Å². The molecule has 0 fully saturated rings. The van der Waals surface area contributed by atoms with Crippen LogP contribution in [-0.2, 0) is 9.59 Å². The van der Waals surface area contributed by atoms with Gasteiger partial charge in [-0.25, -0.2) is 0 Å². The maximum atomic E-state index is 11.8. The molecule has 19 heavy (non-hydrogen) atoms. The fourth-order valence-electron chi connectivity index (χ4n) is 1.65. The summed E-state index contributed by atoms with van der Waals surface area (Å²) < 4.78 is 5.50. The topological polar surface area (TPSA) is 66.8 Å². The number of carbonyl (C=O) groups is 2. The van der Waals surface area contributed by atoms with Crippen molar-refractivity contribution in [3.05, 3.63) is 30.3 Å². The Morgan fingerprint density at radius 3 is 2.53 bits per heavy atom. The fourth-order valence-corrected chi connectivity index (χ4v) is 1.65. The van der Waals surface area contributed by atoms with E-state index in [4.69, 9.17) is 9.84 Å². The summed E-state index contributed by atoms with van der Waals surface area (Å²) in [5, 5.41) is 8.62. The Bertz CT molecular complexity index is 419. The van der Waals surface area contributed by atoms with E-state index < -0.39 is 5.97 Å². The van der Waals surface area contributed by atoms with E-state index in [-0.39, 0.29) is 18.4 Å². The van der Waals surface area contributed by atoms with E-state index in [1.54, 1.807) is 6.92 Å². The molecule has 0 aliphatic rings. The third-order valence-electron chi connectivity index (χ3n) is 2.73. The van der Waals surface area contributed by atoms with Crippen LogP contribution in [-0.4, -0.2) is 42.1 Å². The summed E-state index contributed by atoms with van der Waals surface area (Å²) in [6.07, 6.45) is 0.553. The highest BCUT2D eigenvalue weighted by molar-refractivity contribution is 5.82. The van der Waals surface area contributed by atoms with E-state index >= 15 is 0 Å². The van der Waals surface area contributed by atoms with E-state index in [1.807, 2.05) is 30.3 Å². The lowest BCUT2D eigenvalue weighted by molar-refractivity contribution is -0.145. The van der Waals surface area contributed by atoms with Gasteiger partial charge in [-0.15, -0.1) is 0 Å². The third-order valence-corrected chi connectivity index (χ3v) is 2.73. The Morgan fingerprint density at radius 2 is 1.95 bits per heavy atom. The van der Waals surface area contributed by atoms with Gasteiger partial charge in [-0.05, 0) is 18.6 Å². The second-order valence-electron chi connectivity index (χ2n) is 4.44. The minimum Gasteiger partial charge on any atom is -0.494 e. The predicted molar refractivity (Wildman–Crippen MR) is 71.0 cm³/mol. The van der Waals surface area contributed by atoms with Crippen LogP contribution in [0.2, 0.25) is 0 Å². The van der Waals surface area contributed by atoms with Crippen LogP contribution in [0.15, 0.2) is 30.3 Å². The first-order valence-electron chi connectivity index (χ1n) is 6.15. The first kappa shape index (κ1) is 15.0. The minimum atomic E-state index is -1.01. The van der Waals surface area contributed by atoms with Crippen molar-refractivity contribution in [1.29, 1.82) is 0 Å². The molecule has 0 saturated carbocycles. The summed E-state index contributed by atoms with van der Waals surface area (Å²) in [6.45, 7) is 1.93. The van der Waals surface area contributed by atoms with Crippen molar-refractivity contribution in [1.82, 2.24) is 4.90 Å². The van der Waals surface area contributed by atoms with Crippen LogP contribution in [0.1, 0.15) is 13.3 Å². The molecule has 1 aromatic rings. The molecule has 104 valence electrons.